The van der Waals surface area contributed by atoms with E-state index in [0.29, 0.717) is 0 Å². The molecule has 0 aliphatic rings. The zero-order valence-corrected chi connectivity index (χ0v) is 8.00. The van der Waals surface area contributed by atoms with E-state index in [1.165, 1.54) is 7.11 Å². The van der Waals surface area contributed by atoms with Gasteiger partial charge in [-0.1, -0.05) is 0 Å². The summed E-state index contributed by atoms with van der Waals surface area (Å²) in [5.74, 6) is -0.106. The number of ether oxygens (including phenoxy) is 1. The molecule has 15 heavy (non-hydrogen) atoms. The molecule has 0 radical (unpaired) electrons. The van der Waals surface area contributed by atoms with Crippen LogP contribution < -0.4 is 10.5 Å². The fraction of sp³-hybridized carbons (Fsp3) is 0.333. The van der Waals surface area contributed by atoms with E-state index < -0.39 is 6.43 Å². The minimum absolute atomic E-state index is 0.00292. The van der Waals surface area contributed by atoms with Gasteiger partial charge >= 0.3 is 0 Å². The van der Waals surface area contributed by atoms with Crippen molar-refractivity contribution in [2.24, 2.45) is 0 Å². The highest BCUT2D eigenvalue weighted by atomic mass is 19.3. The normalized spacial score (nSPS) is 10.1. The Kier molecular flexibility index (Phi) is 3.39. The van der Waals surface area contributed by atoms with Gasteiger partial charge in [-0.25, -0.2) is 8.78 Å². The molecule has 0 spiro atoms. The lowest BCUT2D eigenvalue weighted by Gasteiger charge is -2.11. The van der Waals surface area contributed by atoms with Gasteiger partial charge in [-0.2, -0.15) is 5.26 Å². The molecule has 0 saturated heterocycles. The highest BCUT2D eigenvalue weighted by Gasteiger charge is 2.19. The molecule has 0 atom stereocenters. The second-order valence-corrected chi connectivity index (χ2v) is 2.74. The molecule has 0 unspecified atom stereocenters. The molecule has 0 aliphatic carbocycles. The Morgan fingerprint density at radius 2 is 2.33 bits per heavy atom. The summed E-state index contributed by atoms with van der Waals surface area (Å²) in [6, 6.07) is 1.84. The van der Waals surface area contributed by atoms with Crippen LogP contribution >= 0.6 is 0 Å². The quantitative estimate of drug-likeness (QED) is 0.828. The number of alkyl halides is 2. The number of nitriles is 1. The standard InChI is InChI=1S/C9H9F2N3O/c1-15-8-5(9(10)11)4-14-6(2-3-12)7(8)13/h4,9H,2,13H2,1H3. The van der Waals surface area contributed by atoms with Gasteiger partial charge in [0.1, 0.15) is 0 Å². The van der Waals surface area contributed by atoms with Crippen LogP contribution in [0.4, 0.5) is 14.5 Å². The summed E-state index contributed by atoms with van der Waals surface area (Å²) >= 11 is 0. The Labute approximate surface area is 85.3 Å². The Balaban J connectivity index is 3.27. The summed E-state index contributed by atoms with van der Waals surface area (Å²) in [4.78, 5) is 3.69. The second kappa shape index (κ2) is 4.55. The van der Waals surface area contributed by atoms with E-state index >= 15 is 0 Å². The number of aromatic nitrogens is 1. The first kappa shape index (κ1) is 11.2. The average Bonchev–Trinajstić information content (AvgIpc) is 2.20. The van der Waals surface area contributed by atoms with E-state index in [9.17, 15) is 8.78 Å². The van der Waals surface area contributed by atoms with Gasteiger partial charge in [0, 0.05) is 6.20 Å². The molecular weight excluding hydrogens is 204 g/mol. The third-order valence-electron chi connectivity index (χ3n) is 1.86. The predicted molar refractivity (Wildman–Crippen MR) is 49.5 cm³/mol. The molecule has 0 aromatic carbocycles. The molecule has 1 aromatic rings. The van der Waals surface area contributed by atoms with Gasteiger partial charge in [0.05, 0.1) is 36.5 Å². The molecule has 0 saturated carbocycles. The lowest BCUT2D eigenvalue weighted by molar-refractivity contribution is 0.146. The highest BCUT2D eigenvalue weighted by Crippen LogP contribution is 2.34. The third-order valence-corrected chi connectivity index (χ3v) is 1.86. The van der Waals surface area contributed by atoms with Gasteiger partial charge in [-0.15, -0.1) is 0 Å². The van der Waals surface area contributed by atoms with Crippen LogP contribution in [-0.4, -0.2) is 12.1 Å². The molecule has 0 bridgehead atoms. The molecule has 6 heteroatoms. The van der Waals surface area contributed by atoms with Crippen molar-refractivity contribution in [3.05, 3.63) is 17.5 Å². The summed E-state index contributed by atoms with van der Waals surface area (Å²) in [5.41, 5.74) is 5.43. The molecule has 80 valence electrons. The first-order chi connectivity index (χ1) is 7.11. The number of nitrogens with two attached hydrogens (primary N) is 1. The molecule has 0 amide bonds. The van der Waals surface area contributed by atoms with Crippen LogP contribution in [0.3, 0.4) is 0 Å². The molecule has 1 aromatic heterocycles. The summed E-state index contributed by atoms with van der Waals surface area (Å²) in [6.07, 6.45) is -1.76. The molecule has 0 fully saturated rings. The number of methoxy groups -OCH3 is 1. The molecule has 1 rings (SSSR count). The van der Waals surface area contributed by atoms with E-state index in [4.69, 9.17) is 15.7 Å². The number of hydrogen-bond donors (Lipinski definition) is 1. The van der Waals surface area contributed by atoms with Crippen LogP contribution in [0.1, 0.15) is 17.7 Å². The van der Waals surface area contributed by atoms with E-state index in [0.717, 1.165) is 6.20 Å². The van der Waals surface area contributed by atoms with Crippen molar-refractivity contribution in [1.82, 2.24) is 4.98 Å². The van der Waals surface area contributed by atoms with Crippen LogP contribution in [-0.2, 0) is 6.42 Å². The largest absolute Gasteiger partial charge is 0.494 e. The van der Waals surface area contributed by atoms with E-state index in [1.54, 1.807) is 0 Å². The van der Waals surface area contributed by atoms with Gasteiger partial charge in [-0.3, -0.25) is 4.98 Å². The van der Waals surface area contributed by atoms with Crippen LogP contribution in [0.5, 0.6) is 5.75 Å². The van der Waals surface area contributed by atoms with E-state index in [-0.39, 0.29) is 29.1 Å². The van der Waals surface area contributed by atoms with E-state index in [2.05, 4.69) is 4.98 Å². The Morgan fingerprint density at radius 3 is 2.80 bits per heavy atom. The number of rotatable bonds is 3. The van der Waals surface area contributed by atoms with Crippen molar-refractivity contribution in [2.45, 2.75) is 12.8 Å². The van der Waals surface area contributed by atoms with Crippen LogP contribution in [0.2, 0.25) is 0 Å². The second-order valence-electron chi connectivity index (χ2n) is 2.74. The monoisotopic (exact) mass is 213 g/mol. The minimum Gasteiger partial charge on any atom is -0.494 e. The van der Waals surface area contributed by atoms with Crippen molar-refractivity contribution >= 4 is 5.69 Å². The first-order valence-electron chi connectivity index (χ1n) is 4.08. The Morgan fingerprint density at radius 1 is 1.67 bits per heavy atom. The lowest BCUT2D eigenvalue weighted by atomic mass is 10.1. The maximum Gasteiger partial charge on any atom is 0.268 e. The molecule has 0 aliphatic heterocycles. The number of nitrogens with zero attached hydrogens (tertiary/aromatic N) is 2. The van der Waals surface area contributed by atoms with Gasteiger partial charge < -0.3 is 10.5 Å². The Hall–Kier alpha value is -1.90. The van der Waals surface area contributed by atoms with Crippen molar-refractivity contribution in [3.8, 4) is 11.8 Å². The smallest absolute Gasteiger partial charge is 0.268 e. The van der Waals surface area contributed by atoms with Crippen molar-refractivity contribution in [2.75, 3.05) is 12.8 Å². The summed E-state index contributed by atoms with van der Waals surface area (Å²) in [5, 5.41) is 8.45. The van der Waals surface area contributed by atoms with Crippen LogP contribution in [0, 0.1) is 11.3 Å². The van der Waals surface area contributed by atoms with Crippen LogP contribution in [0.15, 0.2) is 6.20 Å². The van der Waals surface area contributed by atoms with Gasteiger partial charge in [-0.05, 0) is 0 Å². The number of pyridine rings is 1. The fourth-order valence-corrected chi connectivity index (χ4v) is 1.16. The maximum atomic E-state index is 12.5. The fourth-order valence-electron chi connectivity index (χ4n) is 1.16. The first-order valence-corrected chi connectivity index (χ1v) is 4.08. The van der Waals surface area contributed by atoms with E-state index in [1.807, 2.05) is 6.07 Å². The zero-order valence-electron chi connectivity index (χ0n) is 8.00. The van der Waals surface area contributed by atoms with Gasteiger partial charge in [0.2, 0.25) is 0 Å². The van der Waals surface area contributed by atoms with Gasteiger partial charge in [0.15, 0.2) is 5.75 Å². The molecule has 2 N–H and O–H groups in total. The Bertz CT molecular complexity index is 401. The van der Waals surface area contributed by atoms with Crippen LogP contribution in [0.25, 0.3) is 0 Å². The van der Waals surface area contributed by atoms with Crippen molar-refractivity contribution < 1.29 is 13.5 Å². The number of hydrogen-bond acceptors (Lipinski definition) is 4. The predicted octanol–water partition coefficient (Wildman–Crippen LogP) is 1.68. The molecule has 4 nitrogen and oxygen atoms in total. The number of nitrogen functional groups attached to an aromatic ring is 1. The molecule has 1 heterocycles. The molecular formula is C9H9F2N3O. The lowest BCUT2D eigenvalue weighted by Crippen LogP contribution is -2.04. The SMILES string of the molecule is COc1c(C(F)F)cnc(CC#N)c1N. The zero-order chi connectivity index (χ0) is 11.4. The number of anilines is 1. The summed E-state index contributed by atoms with van der Waals surface area (Å²) in [7, 11) is 1.24. The maximum absolute atomic E-state index is 12.5. The average molecular weight is 213 g/mol. The number of halogens is 2. The van der Waals surface area contributed by atoms with Crippen molar-refractivity contribution in [1.29, 1.82) is 5.26 Å². The summed E-state index contributed by atoms with van der Waals surface area (Å²) < 4.78 is 29.7. The third kappa shape index (κ3) is 2.13. The van der Waals surface area contributed by atoms with Crippen molar-refractivity contribution in [3.63, 3.8) is 0 Å². The topological polar surface area (TPSA) is 71.9 Å². The minimum atomic E-state index is -2.70. The highest BCUT2D eigenvalue weighted by molar-refractivity contribution is 5.60. The summed E-state index contributed by atoms with van der Waals surface area (Å²) in [6.45, 7) is 0. The van der Waals surface area contributed by atoms with Gasteiger partial charge in [0.25, 0.3) is 6.43 Å².